The lowest BCUT2D eigenvalue weighted by atomic mass is 10.2. The van der Waals surface area contributed by atoms with Crippen LogP contribution in [0.4, 0.5) is 5.13 Å². The van der Waals surface area contributed by atoms with E-state index in [9.17, 15) is 4.79 Å². The van der Waals surface area contributed by atoms with E-state index in [1.807, 2.05) is 49.4 Å². The minimum absolute atomic E-state index is 0.139. The Balaban J connectivity index is 1.83. The quantitative estimate of drug-likeness (QED) is 0.511. The second-order valence-corrected chi connectivity index (χ2v) is 7.45. The first kappa shape index (κ1) is 18.2. The molecule has 0 atom stereocenters. The third-order valence-electron chi connectivity index (χ3n) is 4.61. The minimum atomic E-state index is -0.139. The molecule has 0 aliphatic rings. The van der Waals surface area contributed by atoms with Gasteiger partial charge in [-0.2, -0.15) is 5.10 Å². The van der Waals surface area contributed by atoms with Crippen LogP contribution in [0, 0.1) is 6.92 Å². The fourth-order valence-electron chi connectivity index (χ4n) is 3.09. The first-order valence-electron chi connectivity index (χ1n) is 8.86. The zero-order valence-corrected chi connectivity index (χ0v) is 16.7. The third-order valence-corrected chi connectivity index (χ3v) is 5.83. The van der Waals surface area contributed by atoms with E-state index in [-0.39, 0.29) is 5.91 Å². The predicted octanol–water partition coefficient (Wildman–Crippen LogP) is 4.19. The van der Waals surface area contributed by atoms with Crippen LogP contribution in [0.3, 0.4) is 0 Å². The molecular weight excluding hydrogens is 372 g/mol. The molecule has 0 saturated carbocycles. The summed E-state index contributed by atoms with van der Waals surface area (Å²) < 4.78 is 8.07. The van der Waals surface area contributed by atoms with Crippen molar-refractivity contribution >= 4 is 32.6 Å². The first-order chi connectivity index (χ1) is 13.6. The van der Waals surface area contributed by atoms with E-state index in [2.05, 4.69) is 5.10 Å². The number of fused-ring (bicyclic) bond motifs is 1. The molecule has 0 spiro atoms. The maximum absolute atomic E-state index is 13.3. The number of nitrogens with zero attached hydrogens (tertiary/aromatic N) is 4. The Kier molecular flexibility index (Phi) is 4.83. The Morgan fingerprint density at radius 2 is 1.96 bits per heavy atom. The molecule has 4 rings (SSSR count). The van der Waals surface area contributed by atoms with Gasteiger partial charge in [0.2, 0.25) is 0 Å². The highest BCUT2D eigenvalue weighted by atomic mass is 32.1. The van der Waals surface area contributed by atoms with Crippen molar-refractivity contribution in [3.63, 3.8) is 0 Å². The van der Waals surface area contributed by atoms with Gasteiger partial charge in [-0.25, -0.2) is 4.98 Å². The number of hydrogen-bond donors (Lipinski definition) is 0. The number of thiazole rings is 1. The topological polar surface area (TPSA) is 60.2 Å². The molecule has 0 aliphatic carbocycles. The lowest BCUT2D eigenvalue weighted by molar-refractivity contribution is 0.0976. The van der Waals surface area contributed by atoms with E-state index in [1.165, 1.54) is 11.3 Å². The van der Waals surface area contributed by atoms with E-state index in [1.54, 1.807) is 36.0 Å². The standard InChI is InChI=1S/C21H20N4O2S/c1-14-9-10-17(27-3)18-19(14)28-21(23-18)25(13-15-7-5-4-6-8-15)20(26)16-11-12-22-24(16)2/h4-12H,13H2,1-3H3. The number of carbonyl (C=O) groups excluding carboxylic acids is 1. The van der Waals surface area contributed by atoms with E-state index < -0.39 is 0 Å². The number of aromatic nitrogens is 3. The number of amides is 1. The van der Waals surface area contributed by atoms with E-state index in [0.717, 1.165) is 21.3 Å². The fraction of sp³-hybridized carbons (Fsp3) is 0.190. The molecule has 0 aliphatic heterocycles. The second-order valence-electron chi connectivity index (χ2n) is 6.48. The second kappa shape index (κ2) is 7.44. The number of ether oxygens (including phenoxy) is 1. The van der Waals surface area contributed by atoms with Gasteiger partial charge in [0, 0.05) is 13.2 Å². The summed E-state index contributed by atoms with van der Waals surface area (Å²) in [6, 6.07) is 15.5. The van der Waals surface area contributed by atoms with Gasteiger partial charge in [0.15, 0.2) is 5.13 Å². The lowest BCUT2D eigenvalue weighted by Crippen LogP contribution is -2.31. The molecule has 2 aromatic carbocycles. The smallest absolute Gasteiger partial charge is 0.278 e. The van der Waals surface area contributed by atoms with E-state index >= 15 is 0 Å². The Labute approximate surface area is 167 Å². The van der Waals surface area contributed by atoms with Crippen molar-refractivity contribution in [3.8, 4) is 5.75 Å². The van der Waals surface area contributed by atoms with Gasteiger partial charge in [0.05, 0.1) is 18.4 Å². The van der Waals surface area contributed by atoms with Gasteiger partial charge in [0.25, 0.3) is 5.91 Å². The molecule has 142 valence electrons. The number of benzene rings is 2. The van der Waals surface area contributed by atoms with Crippen molar-refractivity contribution < 1.29 is 9.53 Å². The Bertz CT molecular complexity index is 1130. The van der Waals surface area contributed by atoms with E-state index in [4.69, 9.17) is 9.72 Å². The SMILES string of the molecule is COc1ccc(C)c2sc(N(Cc3ccccc3)C(=O)c3ccnn3C)nc12. The van der Waals surface area contributed by atoms with Crippen LogP contribution in [-0.2, 0) is 13.6 Å². The molecule has 0 N–H and O–H groups in total. The summed E-state index contributed by atoms with van der Waals surface area (Å²) in [5.41, 5.74) is 3.42. The van der Waals surface area contributed by atoms with Gasteiger partial charge in [-0.05, 0) is 30.2 Å². The highest BCUT2D eigenvalue weighted by Gasteiger charge is 2.25. The predicted molar refractivity (Wildman–Crippen MR) is 111 cm³/mol. The average molecular weight is 392 g/mol. The zero-order chi connectivity index (χ0) is 19.7. The molecule has 2 heterocycles. The molecule has 7 heteroatoms. The van der Waals surface area contributed by atoms with Crippen molar-refractivity contribution in [3.05, 3.63) is 71.5 Å². The summed E-state index contributed by atoms with van der Waals surface area (Å²) in [5, 5.41) is 4.77. The monoisotopic (exact) mass is 392 g/mol. The van der Waals surface area contributed by atoms with Crippen molar-refractivity contribution in [2.24, 2.45) is 7.05 Å². The average Bonchev–Trinajstić information content (AvgIpc) is 3.34. The maximum Gasteiger partial charge on any atom is 0.278 e. The molecule has 6 nitrogen and oxygen atoms in total. The molecule has 0 radical (unpaired) electrons. The molecule has 0 bridgehead atoms. The molecule has 0 fully saturated rings. The molecule has 0 unspecified atom stereocenters. The molecular formula is C21H20N4O2S. The van der Waals surface area contributed by atoms with Crippen LogP contribution in [0.5, 0.6) is 5.75 Å². The third kappa shape index (κ3) is 3.25. The van der Waals surface area contributed by atoms with Gasteiger partial charge in [-0.1, -0.05) is 47.7 Å². The van der Waals surface area contributed by atoms with Crippen LogP contribution in [0.15, 0.2) is 54.7 Å². The molecule has 4 aromatic rings. The summed E-state index contributed by atoms with van der Waals surface area (Å²) in [6.45, 7) is 2.46. The van der Waals surface area contributed by atoms with Crippen LogP contribution in [0.1, 0.15) is 21.6 Å². The van der Waals surface area contributed by atoms with Crippen LogP contribution in [-0.4, -0.2) is 27.8 Å². The number of rotatable bonds is 5. The van der Waals surface area contributed by atoms with Gasteiger partial charge in [-0.3, -0.25) is 14.4 Å². The highest BCUT2D eigenvalue weighted by Crippen LogP contribution is 2.37. The van der Waals surface area contributed by atoms with Gasteiger partial charge in [0.1, 0.15) is 17.0 Å². The van der Waals surface area contributed by atoms with Crippen LogP contribution in [0.25, 0.3) is 10.2 Å². The fourth-order valence-corrected chi connectivity index (χ4v) is 4.14. The van der Waals surface area contributed by atoms with Crippen molar-refractivity contribution in [2.75, 3.05) is 12.0 Å². The Morgan fingerprint density at radius 1 is 1.18 bits per heavy atom. The number of anilines is 1. The Hall–Kier alpha value is -3.19. The highest BCUT2D eigenvalue weighted by molar-refractivity contribution is 7.22. The number of hydrogen-bond acceptors (Lipinski definition) is 5. The molecule has 28 heavy (non-hydrogen) atoms. The first-order valence-corrected chi connectivity index (χ1v) is 9.68. The molecule has 2 aromatic heterocycles. The van der Waals surface area contributed by atoms with Crippen LogP contribution < -0.4 is 9.64 Å². The van der Waals surface area contributed by atoms with Crippen LogP contribution in [0.2, 0.25) is 0 Å². The summed E-state index contributed by atoms with van der Waals surface area (Å²) in [4.78, 5) is 19.8. The zero-order valence-electron chi connectivity index (χ0n) is 15.9. The van der Waals surface area contributed by atoms with Crippen LogP contribution >= 0.6 is 11.3 Å². The molecule has 0 saturated heterocycles. The number of aryl methyl sites for hydroxylation is 2. The summed E-state index contributed by atoms with van der Waals surface area (Å²) in [5.74, 6) is 0.565. The summed E-state index contributed by atoms with van der Waals surface area (Å²) in [6.07, 6.45) is 1.62. The lowest BCUT2D eigenvalue weighted by Gasteiger charge is -2.20. The number of carbonyl (C=O) groups is 1. The molecule has 1 amide bonds. The van der Waals surface area contributed by atoms with Crippen molar-refractivity contribution in [1.82, 2.24) is 14.8 Å². The Morgan fingerprint density at radius 3 is 2.64 bits per heavy atom. The normalized spacial score (nSPS) is 11.0. The minimum Gasteiger partial charge on any atom is -0.494 e. The van der Waals surface area contributed by atoms with Gasteiger partial charge in [-0.15, -0.1) is 0 Å². The summed E-state index contributed by atoms with van der Waals surface area (Å²) >= 11 is 1.50. The summed E-state index contributed by atoms with van der Waals surface area (Å²) in [7, 11) is 3.39. The van der Waals surface area contributed by atoms with E-state index in [0.29, 0.717) is 23.1 Å². The van der Waals surface area contributed by atoms with Crippen molar-refractivity contribution in [1.29, 1.82) is 0 Å². The van der Waals surface area contributed by atoms with Crippen molar-refractivity contribution in [2.45, 2.75) is 13.5 Å². The maximum atomic E-state index is 13.3. The van der Waals surface area contributed by atoms with Gasteiger partial charge < -0.3 is 4.74 Å². The van der Waals surface area contributed by atoms with Gasteiger partial charge >= 0.3 is 0 Å². The largest absolute Gasteiger partial charge is 0.494 e. The number of methoxy groups -OCH3 is 1.